The Labute approximate surface area is 188 Å². The maximum absolute atomic E-state index is 12.9. The summed E-state index contributed by atoms with van der Waals surface area (Å²) in [5, 5.41) is 9.73. The first-order valence-electron chi connectivity index (χ1n) is 11.0. The number of hydrogen-bond acceptors (Lipinski definition) is 7. The molecule has 0 spiro atoms. The third-order valence-electron chi connectivity index (χ3n) is 5.24. The molecule has 0 bridgehead atoms. The van der Waals surface area contributed by atoms with E-state index in [1.54, 1.807) is 17.5 Å². The number of aromatic nitrogens is 3. The molecule has 0 unspecified atom stereocenters. The van der Waals surface area contributed by atoms with Crippen LogP contribution >= 0.6 is 11.3 Å². The lowest BCUT2D eigenvalue weighted by atomic mass is 10.1. The normalized spacial score (nSPS) is 16.5. The summed E-state index contributed by atoms with van der Waals surface area (Å²) in [5.74, 6) is 0.960. The van der Waals surface area contributed by atoms with Gasteiger partial charge in [0.2, 0.25) is 5.95 Å². The van der Waals surface area contributed by atoms with Gasteiger partial charge in [-0.05, 0) is 63.4 Å². The van der Waals surface area contributed by atoms with Crippen molar-refractivity contribution in [3.8, 4) is 0 Å². The molecule has 8 heteroatoms. The van der Waals surface area contributed by atoms with Crippen LogP contribution in [0, 0.1) is 12.8 Å². The Morgan fingerprint density at radius 2 is 2.19 bits per heavy atom. The molecule has 3 N–H and O–H groups in total. The summed E-state index contributed by atoms with van der Waals surface area (Å²) in [6.45, 7) is 10.8. The van der Waals surface area contributed by atoms with E-state index in [1.165, 1.54) is 6.42 Å². The standard InChI is InChI=1S/C21H26N6OS.C2H6/c1-13-10-17-19(29-13)18(20(28)24-9-6-15-5-8-23-11-15)27-21(26-17)25-14(2)16-4-3-7-22-12-16;1-2/h3-4,7,10,12,14-15,23H,5-6,8-9,11H2,1-2H3,(H,24,28)(H,25,26,27);1-2H3/t14-,15-;/m0./s1. The lowest BCUT2D eigenvalue weighted by molar-refractivity contribution is 0.0948. The van der Waals surface area contributed by atoms with Gasteiger partial charge >= 0.3 is 0 Å². The molecule has 0 saturated carbocycles. The third-order valence-corrected chi connectivity index (χ3v) is 6.29. The summed E-state index contributed by atoms with van der Waals surface area (Å²) in [6.07, 6.45) is 5.73. The second kappa shape index (κ2) is 11.2. The van der Waals surface area contributed by atoms with Gasteiger partial charge in [-0.15, -0.1) is 11.3 Å². The quantitative estimate of drug-likeness (QED) is 0.507. The molecular formula is C23H32N6OS. The van der Waals surface area contributed by atoms with E-state index in [4.69, 9.17) is 0 Å². The number of aryl methyl sites for hydroxylation is 1. The van der Waals surface area contributed by atoms with E-state index in [0.29, 0.717) is 24.1 Å². The van der Waals surface area contributed by atoms with Crippen molar-refractivity contribution in [1.82, 2.24) is 25.6 Å². The molecule has 0 aromatic carbocycles. The highest BCUT2D eigenvalue weighted by molar-refractivity contribution is 7.19. The van der Waals surface area contributed by atoms with Gasteiger partial charge in [0, 0.05) is 23.8 Å². The molecule has 166 valence electrons. The van der Waals surface area contributed by atoms with Gasteiger partial charge in [-0.25, -0.2) is 9.97 Å². The largest absolute Gasteiger partial charge is 0.351 e. The Kier molecular flexibility index (Phi) is 8.31. The molecular weight excluding hydrogens is 408 g/mol. The molecule has 1 saturated heterocycles. The van der Waals surface area contributed by atoms with E-state index in [1.807, 2.05) is 52.1 Å². The second-order valence-corrected chi connectivity index (χ2v) is 8.78. The fraction of sp³-hybridized carbons (Fsp3) is 0.478. The Hall–Kier alpha value is -2.58. The van der Waals surface area contributed by atoms with Crippen LogP contribution in [0.5, 0.6) is 0 Å². The van der Waals surface area contributed by atoms with Crippen LogP contribution < -0.4 is 16.0 Å². The highest BCUT2D eigenvalue weighted by atomic mass is 32.1. The summed E-state index contributed by atoms with van der Waals surface area (Å²) in [5.41, 5.74) is 2.28. The van der Waals surface area contributed by atoms with Gasteiger partial charge in [0.1, 0.15) is 0 Å². The first kappa shape index (κ1) is 23.1. The van der Waals surface area contributed by atoms with Gasteiger partial charge in [0.05, 0.1) is 16.3 Å². The van der Waals surface area contributed by atoms with Crippen molar-refractivity contribution >= 4 is 33.4 Å². The van der Waals surface area contributed by atoms with Gasteiger partial charge in [-0.2, -0.15) is 0 Å². The zero-order chi connectivity index (χ0) is 22.2. The second-order valence-electron chi connectivity index (χ2n) is 7.52. The monoisotopic (exact) mass is 440 g/mol. The maximum atomic E-state index is 12.9. The van der Waals surface area contributed by atoms with Crippen molar-refractivity contribution in [2.45, 2.75) is 46.6 Å². The Bertz CT molecular complexity index is 984. The first-order chi connectivity index (χ1) is 15.1. The minimum absolute atomic E-state index is 0.0216. The van der Waals surface area contributed by atoms with Crippen LogP contribution in [0.25, 0.3) is 10.2 Å². The minimum Gasteiger partial charge on any atom is -0.351 e. The molecule has 3 aromatic rings. The smallest absolute Gasteiger partial charge is 0.271 e. The Morgan fingerprint density at radius 1 is 1.35 bits per heavy atom. The van der Waals surface area contributed by atoms with E-state index in [-0.39, 0.29) is 11.9 Å². The number of hydrogen-bond donors (Lipinski definition) is 3. The van der Waals surface area contributed by atoms with Crippen molar-refractivity contribution in [2.75, 3.05) is 25.0 Å². The number of pyridine rings is 1. The minimum atomic E-state index is -0.137. The molecule has 0 radical (unpaired) electrons. The summed E-state index contributed by atoms with van der Waals surface area (Å²) >= 11 is 1.56. The van der Waals surface area contributed by atoms with E-state index >= 15 is 0 Å². The first-order valence-corrected chi connectivity index (χ1v) is 11.9. The topological polar surface area (TPSA) is 91.8 Å². The summed E-state index contributed by atoms with van der Waals surface area (Å²) in [7, 11) is 0. The number of anilines is 1. The fourth-order valence-electron chi connectivity index (χ4n) is 3.61. The lowest BCUT2D eigenvalue weighted by Gasteiger charge is -2.15. The van der Waals surface area contributed by atoms with E-state index in [9.17, 15) is 4.79 Å². The van der Waals surface area contributed by atoms with Gasteiger partial charge < -0.3 is 16.0 Å². The van der Waals surface area contributed by atoms with Crippen molar-refractivity contribution in [2.24, 2.45) is 5.92 Å². The van der Waals surface area contributed by atoms with E-state index in [0.717, 1.165) is 40.2 Å². The number of amides is 1. The molecule has 1 aliphatic rings. The van der Waals surface area contributed by atoms with Crippen molar-refractivity contribution < 1.29 is 4.79 Å². The number of nitrogens with one attached hydrogen (secondary N) is 3. The van der Waals surface area contributed by atoms with Crippen LogP contribution in [-0.4, -0.2) is 40.5 Å². The molecule has 1 fully saturated rings. The highest BCUT2D eigenvalue weighted by Crippen LogP contribution is 2.28. The number of rotatable bonds is 7. The van der Waals surface area contributed by atoms with Gasteiger partial charge in [-0.3, -0.25) is 9.78 Å². The molecule has 2 atom stereocenters. The van der Waals surface area contributed by atoms with Crippen LogP contribution in [-0.2, 0) is 0 Å². The van der Waals surface area contributed by atoms with Crippen LogP contribution in [0.4, 0.5) is 5.95 Å². The van der Waals surface area contributed by atoms with Gasteiger partial charge in [0.15, 0.2) is 5.69 Å². The number of nitrogens with zero attached hydrogens (tertiary/aromatic N) is 3. The molecule has 1 amide bonds. The predicted octanol–water partition coefficient (Wildman–Crippen LogP) is 4.32. The number of carbonyl (C=O) groups is 1. The number of fused-ring (bicyclic) bond motifs is 1. The number of thiophene rings is 1. The zero-order valence-electron chi connectivity index (χ0n) is 18.7. The van der Waals surface area contributed by atoms with Crippen LogP contribution in [0.3, 0.4) is 0 Å². The molecule has 4 rings (SSSR count). The van der Waals surface area contributed by atoms with Crippen LogP contribution in [0.2, 0.25) is 0 Å². The molecule has 0 aliphatic carbocycles. The van der Waals surface area contributed by atoms with Gasteiger partial charge in [-0.1, -0.05) is 19.9 Å². The SMILES string of the molecule is CC.Cc1cc2nc(N[C@@H](C)c3cccnc3)nc(C(=O)NCC[C@@H]3CCNC3)c2s1. The summed E-state index contributed by atoms with van der Waals surface area (Å²) in [6, 6.07) is 5.89. The molecule has 4 heterocycles. The lowest BCUT2D eigenvalue weighted by Crippen LogP contribution is -2.27. The molecule has 3 aromatic heterocycles. The molecule has 31 heavy (non-hydrogen) atoms. The van der Waals surface area contributed by atoms with Crippen molar-refractivity contribution in [1.29, 1.82) is 0 Å². The average molecular weight is 441 g/mol. The summed E-state index contributed by atoms with van der Waals surface area (Å²) in [4.78, 5) is 27.4. The third kappa shape index (κ3) is 5.98. The van der Waals surface area contributed by atoms with Crippen LogP contribution in [0.15, 0.2) is 30.6 Å². The van der Waals surface area contributed by atoms with E-state index in [2.05, 4.69) is 30.9 Å². The number of carbonyl (C=O) groups excluding carboxylic acids is 1. The van der Waals surface area contributed by atoms with Gasteiger partial charge in [0.25, 0.3) is 5.91 Å². The highest BCUT2D eigenvalue weighted by Gasteiger charge is 2.19. The average Bonchev–Trinajstić information content (AvgIpc) is 3.44. The van der Waals surface area contributed by atoms with Crippen molar-refractivity contribution in [3.05, 3.63) is 46.7 Å². The van der Waals surface area contributed by atoms with E-state index < -0.39 is 0 Å². The maximum Gasteiger partial charge on any atom is 0.271 e. The zero-order valence-corrected chi connectivity index (χ0v) is 19.6. The Balaban J connectivity index is 0.00000132. The predicted molar refractivity (Wildman–Crippen MR) is 128 cm³/mol. The molecule has 7 nitrogen and oxygen atoms in total. The molecule has 1 aliphatic heterocycles. The van der Waals surface area contributed by atoms with Crippen LogP contribution in [0.1, 0.15) is 60.6 Å². The Morgan fingerprint density at radius 3 is 2.90 bits per heavy atom. The summed E-state index contributed by atoms with van der Waals surface area (Å²) < 4.78 is 0.835. The van der Waals surface area contributed by atoms with Crippen molar-refractivity contribution in [3.63, 3.8) is 0 Å². The fourth-order valence-corrected chi connectivity index (χ4v) is 4.55.